The fraction of sp³-hybridized carbons (Fsp3) is 0.333. The van der Waals surface area contributed by atoms with E-state index in [1.54, 1.807) is 0 Å². The van der Waals surface area contributed by atoms with Gasteiger partial charge in [-0.3, -0.25) is 0 Å². The number of hydrogen-bond donors (Lipinski definition) is 0. The van der Waals surface area contributed by atoms with Crippen LogP contribution in [-0.2, 0) is 6.42 Å². The molecule has 3 rings (SSSR count). The Morgan fingerprint density at radius 1 is 1.21 bits per heavy atom. The van der Waals surface area contributed by atoms with Crippen LogP contribution in [0.1, 0.15) is 17.0 Å². The van der Waals surface area contributed by atoms with Gasteiger partial charge in [0.05, 0.1) is 12.1 Å². The lowest BCUT2D eigenvalue weighted by Gasteiger charge is -2.06. The first-order valence-electron chi connectivity index (χ1n) is 4.74. The van der Waals surface area contributed by atoms with Crippen LogP contribution in [0.25, 0.3) is 0 Å². The summed E-state index contributed by atoms with van der Waals surface area (Å²) in [6.45, 7) is 0. The Balaban J connectivity index is 2.11. The van der Waals surface area contributed by atoms with E-state index in [0.717, 1.165) is 6.42 Å². The van der Waals surface area contributed by atoms with Crippen LogP contribution in [0.2, 0.25) is 0 Å². The van der Waals surface area contributed by atoms with Crippen LogP contribution in [0.5, 0.6) is 0 Å². The van der Waals surface area contributed by atoms with Crippen molar-refractivity contribution in [3.8, 4) is 12.1 Å². The number of hydrogen-bond acceptors (Lipinski definition) is 2. The third kappa shape index (κ3) is 0.624. The van der Waals surface area contributed by atoms with E-state index in [0.29, 0.717) is 0 Å². The fourth-order valence-electron chi connectivity index (χ4n) is 2.79. The van der Waals surface area contributed by atoms with Crippen LogP contribution in [0, 0.1) is 34.0 Å². The van der Waals surface area contributed by atoms with E-state index in [1.807, 2.05) is 12.1 Å². The molecular formula is C12H8N2. The van der Waals surface area contributed by atoms with Crippen molar-refractivity contribution in [3.05, 3.63) is 35.4 Å². The quantitative estimate of drug-likeness (QED) is 0.613. The van der Waals surface area contributed by atoms with E-state index in [4.69, 9.17) is 10.5 Å². The summed E-state index contributed by atoms with van der Waals surface area (Å²) in [6.07, 6.45) is 0.905. The minimum atomic E-state index is -0.700. The fourth-order valence-corrected chi connectivity index (χ4v) is 2.79. The summed E-state index contributed by atoms with van der Waals surface area (Å²) in [7, 11) is 0. The van der Waals surface area contributed by atoms with E-state index in [1.165, 1.54) is 11.1 Å². The van der Waals surface area contributed by atoms with Crippen molar-refractivity contribution < 1.29 is 0 Å². The Hall–Kier alpha value is -1.80. The van der Waals surface area contributed by atoms with Gasteiger partial charge in [0.15, 0.2) is 5.41 Å². The van der Waals surface area contributed by atoms with E-state index >= 15 is 0 Å². The highest BCUT2D eigenvalue weighted by atomic mass is 14.7. The summed E-state index contributed by atoms with van der Waals surface area (Å²) in [5, 5.41) is 18.0. The van der Waals surface area contributed by atoms with Crippen LogP contribution in [0.4, 0.5) is 0 Å². The molecule has 2 unspecified atom stereocenters. The molecule has 1 aromatic carbocycles. The van der Waals surface area contributed by atoms with Crippen molar-refractivity contribution >= 4 is 0 Å². The van der Waals surface area contributed by atoms with Gasteiger partial charge in [-0.25, -0.2) is 0 Å². The lowest BCUT2D eigenvalue weighted by atomic mass is 9.94. The van der Waals surface area contributed by atoms with Gasteiger partial charge in [0.2, 0.25) is 0 Å². The van der Waals surface area contributed by atoms with Crippen LogP contribution < -0.4 is 0 Å². The molecule has 14 heavy (non-hydrogen) atoms. The number of benzene rings is 1. The van der Waals surface area contributed by atoms with E-state index in [-0.39, 0.29) is 11.8 Å². The summed E-state index contributed by atoms with van der Waals surface area (Å²) < 4.78 is 0. The minimum absolute atomic E-state index is 0.189. The maximum Gasteiger partial charge on any atom is 0.154 e. The molecule has 2 nitrogen and oxygen atoms in total. The van der Waals surface area contributed by atoms with Crippen molar-refractivity contribution in [2.24, 2.45) is 11.3 Å². The predicted octanol–water partition coefficient (Wildman–Crippen LogP) is 1.99. The Kier molecular flexibility index (Phi) is 1.17. The molecule has 0 saturated heterocycles. The van der Waals surface area contributed by atoms with Gasteiger partial charge >= 0.3 is 0 Å². The average molecular weight is 180 g/mol. The first-order chi connectivity index (χ1) is 6.83. The Labute approximate surface area is 82.4 Å². The molecule has 2 heteroatoms. The lowest BCUT2D eigenvalue weighted by Crippen LogP contribution is -2.04. The second-order valence-corrected chi connectivity index (χ2v) is 4.08. The molecule has 2 aliphatic carbocycles. The van der Waals surface area contributed by atoms with Crippen LogP contribution in [0.3, 0.4) is 0 Å². The Bertz CT molecular complexity index is 476. The molecule has 0 heterocycles. The molecule has 1 fully saturated rings. The molecular weight excluding hydrogens is 172 g/mol. The lowest BCUT2D eigenvalue weighted by molar-refractivity contribution is 0.704. The van der Waals surface area contributed by atoms with Crippen molar-refractivity contribution in [2.45, 2.75) is 12.3 Å². The van der Waals surface area contributed by atoms with Gasteiger partial charge in [-0.1, -0.05) is 24.3 Å². The molecule has 0 N–H and O–H groups in total. The second-order valence-electron chi connectivity index (χ2n) is 4.08. The molecule has 1 aromatic rings. The van der Waals surface area contributed by atoms with Gasteiger partial charge in [0, 0.05) is 11.8 Å². The van der Waals surface area contributed by atoms with E-state index in [9.17, 15) is 0 Å². The molecule has 0 bridgehead atoms. The van der Waals surface area contributed by atoms with Gasteiger partial charge < -0.3 is 0 Å². The molecule has 0 radical (unpaired) electrons. The van der Waals surface area contributed by atoms with Crippen LogP contribution in [0.15, 0.2) is 24.3 Å². The number of nitriles is 2. The zero-order valence-electron chi connectivity index (χ0n) is 7.57. The molecule has 0 aromatic heterocycles. The summed E-state index contributed by atoms with van der Waals surface area (Å²) >= 11 is 0. The third-order valence-corrected chi connectivity index (χ3v) is 3.57. The Morgan fingerprint density at radius 3 is 2.64 bits per heavy atom. The third-order valence-electron chi connectivity index (χ3n) is 3.57. The summed E-state index contributed by atoms with van der Waals surface area (Å²) in [4.78, 5) is 0. The van der Waals surface area contributed by atoms with Crippen molar-refractivity contribution in [1.29, 1.82) is 10.5 Å². The monoisotopic (exact) mass is 180 g/mol. The highest BCUT2D eigenvalue weighted by Crippen LogP contribution is 2.69. The molecule has 0 amide bonds. The Morgan fingerprint density at radius 2 is 1.93 bits per heavy atom. The van der Waals surface area contributed by atoms with Crippen LogP contribution >= 0.6 is 0 Å². The molecule has 1 saturated carbocycles. The van der Waals surface area contributed by atoms with Crippen LogP contribution in [-0.4, -0.2) is 0 Å². The van der Waals surface area contributed by atoms with Crippen molar-refractivity contribution in [2.75, 3.05) is 0 Å². The molecule has 0 aliphatic heterocycles. The SMILES string of the molecule is N#CC1(C#N)C2Cc3ccccc3C21. The number of nitrogens with zero attached hydrogens (tertiary/aromatic N) is 2. The van der Waals surface area contributed by atoms with Gasteiger partial charge in [-0.2, -0.15) is 10.5 Å². The van der Waals surface area contributed by atoms with Crippen molar-refractivity contribution in [1.82, 2.24) is 0 Å². The highest BCUT2D eigenvalue weighted by molar-refractivity contribution is 5.53. The summed E-state index contributed by atoms with van der Waals surface area (Å²) in [5.74, 6) is 0.448. The topological polar surface area (TPSA) is 47.6 Å². The molecule has 2 aliphatic rings. The minimum Gasteiger partial charge on any atom is -0.197 e. The maximum absolute atomic E-state index is 9.02. The normalized spacial score (nSPS) is 29.6. The molecule has 2 atom stereocenters. The predicted molar refractivity (Wildman–Crippen MR) is 50.0 cm³/mol. The zero-order valence-corrected chi connectivity index (χ0v) is 7.57. The second kappa shape index (κ2) is 2.16. The number of rotatable bonds is 0. The van der Waals surface area contributed by atoms with Gasteiger partial charge in [0.25, 0.3) is 0 Å². The first kappa shape index (κ1) is 7.59. The van der Waals surface area contributed by atoms with E-state index < -0.39 is 5.41 Å². The van der Waals surface area contributed by atoms with Crippen molar-refractivity contribution in [3.63, 3.8) is 0 Å². The largest absolute Gasteiger partial charge is 0.197 e. The van der Waals surface area contributed by atoms with Gasteiger partial charge in [0.1, 0.15) is 0 Å². The van der Waals surface area contributed by atoms with Gasteiger partial charge in [-0.15, -0.1) is 0 Å². The average Bonchev–Trinajstić information content (AvgIpc) is 2.69. The molecule has 66 valence electrons. The highest BCUT2D eigenvalue weighted by Gasteiger charge is 2.70. The summed E-state index contributed by atoms with van der Waals surface area (Å²) in [6, 6.07) is 12.5. The smallest absolute Gasteiger partial charge is 0.154 e. The summed E-state index contributed by atoms with van der Waals surface area (Å²) in [5.41, 5.74) is 1.85. The standard InChI is InChI=1S/C12H8N2/c13-6-12(7-14)10-5-8-3-1-2-4-9(8)11(10)12/h1-4,10-11H,5H2. The zero-order chi connectivity index (χ0) is 9.76. The first-order valence-corrected chi connectivity index (χ1v) is 4.74. The van der Waals surface area contributed by atoms with E-state index in [2.05, 4.69) is 24.3 Å². The maximum atomic E-state index is 9.02. The number of fused-ring (bicyclic) bond motifs is 3. The van der Waals surface area contributed by atoms with Gasteiger partial charge in [-0.05, 0) is 17.5 Å². The molecule has 0 spiro atoms.